The standard InChI is InChI=1S/C21H21NOS/c1-13-12-19(15(3)24-13)17-10-7-11-18(17)20-14(2)23-21(22-20)16-8-5-4-6-9-16/h4-6,8-9,12H,7,10-11H2,1-3H3. The highest BCUT2D eigenvalue weighted by Crippen LogP contribution is 2.43. The second-order valence-electron chi connectivity index (χ2n) is 6.43. The van der Waals surface area contributed by atoms with Gasteiger partial charge in [-0.2, -0.15) is 0 Å². The predicted octanol–water partition coefficient (Wildman–Crippen LogP) is 6.42. The van der Waals surface area contributed by atoms with Gasteiger partial charge in [0.15, 0.2) is 0 Å². The lowest BCUT2D eigenvalue weighted by molar-refractivity contribution is 0.542. The summed E-state index contributed by atoms with van der Waals surface area (Å²) in [7, 11) is 0. The molecular formula is C21H21NOS. The number of allylic oxidation sites excluding steroid dienone is 2. The summed E-state index contributed by atoms with van der Waals surface area (Å²) in [4.78, 5) is 7.64. The molecule has 1 aliphatic rings. The molecule has 0 unspecified atom stereocenters. The Kier molecular flexibility index (Phi) is 3.89. The SMILES string of the molecule is Cc1cc(C2=C(c3nc(-c4ccccc4)oc3C)CCC2)c(C)s1. The van der Waals surface area contributed by atoms with E-state index in [1.807, 2.05) is 48.6 Å². The van der Waals surface area contributed by atoms with Gasteiger partial charge in [0.1, 0.15) is 11.5 Å². The van der Waals surface area contributed by atoms with E-state index < -0.39 is 0 Å². The summed E-state index contributed by atoms with van der Waals surface area (Å²) in [5.41, 5.74) is 6.33. The zero-order valence-corrected chi connectivity index (χ0v) is 15.2. The van der Waals surface area contributed by atoms with Gasteiger partial charge in [-0.1, -0.05) is 18.2 Å². The number of aromatic nitrogens is 1. The van der Waals surface area contributed by atoms with E-state index in [0.29, 0.717) is 0 Å². The lowest BCUT2D eigenvalue weighted by atomic mass is 10.00. The van der Waals surface area contributed by atoms with Gasteiger partial charge in [0.05, 0.1) is 0 Å². The molecule has 4 rings (SSSR count). The maximum atomic E-state index is 5.99. The zero-order valence-electron chi connectivity index (χ0n) is 14.3. The van der Waals surface area contributed by atoms with Crippen molar-refractivity contribution in [2.75, 3.05) is 0 Å². The zero-order chi connectivity index (χ0) is 16.7. The summed E-state index contributed by atoms with van der Waals surface area (Å²) in [5.74, 6) is 1.65. The molecule has 0 spiro atoms. The second kappa shape index (κ2) is 6.06. The smallest absolute Gasteiger partial charge is 0.226 e. The van der Waals surface area contributed by atoms with Crippen LogP contribution >= 0.6 is 11.3 Å². The molecule has 2 heterocycles. The van der Waals surface area contributed by atoms with E-state index in [0.717, 1.165) is 35.7 Å². The fourth-order valence-corrected chi connectivity index (χ4v) is 4.57. The van der Waals surface area contributed by atoms with E-state index in [1.54, 1.807) is 0 Å². The van der Waals surface area contributed by atoms with Crippen molar-refractivity contribution in [1.82, 2.24) is 4.98 Å². The number of rotatable bonds is 3. The number of hydrogen-bond donors (Lipinski definition) is 0. The van der Waals surface area contributed by atoms with Gasteiger partial charge in [0.25, 0.3) is 0 Å². The lowest BCUT2D eigenvalue weighted by Gasteiger charge is -2.05. The number of hydrogen-bond acceptors (Lipinski definition) is 3. The molecule has 0 fully saturated rings. The molecule has 122 valence electrons. The summed E-state index contributed by atoms with van der Waals surface area (Å²) in [5, 5.41) is 0. The fraction of sp³-hybridized carbons (Fsp3) is 0.286. The summed E-state index contributed by atoms with van der Waals surface area (Å²) in [6.45, 7) is 6.44. The van der Waals surface area contributed by atoms with Gasteiger partial charge in [-0.3, -0.25) is 0 Å². The van der Waals surface area contributed by atoms with E-state index in [4.69, 9.17) is 9.40 Å². The van der Waals surface area contributed by atoms with Gasteiger partial charge in [-0.25, -0.2) is 4.98 Å². The average Bonchev–Trinajstić information content (AvgIpc) is 3.26. The third kappa shape index (κ3) is 2.63. The predicted molar refractivity (Wildman–Crippen MR) is 101 cm³/mol. The Balaban J connectivity index is 1.82. The Bertz CT molecular complexity index is 915. The molecule has 0 atom stereocenters. The van der Waals surface area contributed by atoms with E-state index in [-0.39, 0.29) is 0 Å². The second-order valence-corrected chi connectivity index (χ2v) is 7.89. The van der Waals surface area contributed by atoms with Crippen molar-refractivity contribution in [1.29, 1.82) is 0 Å². The number of thiophene rings is 1. The maximum Gasteiger partial charge on any atom is 0.226 e. The number of nitrogens with zero attached hydrogens (tertiary/aromatic N) is 1. The topological polar surface area (TPSA) is 26.0 Å². The Morgan fingerprint density at radius 3 is 2.46 bits per heavy atom. The third-order valence-electron chi connectivity index (χ3n) is 4.69. The highest BCUT2D eigenvalue weighted by atomic mass is 32.1. The molecule has 1 aliphatic carbocycles. The monoisotopic (exact) mass is 335 g/mol. The van der Waals surface area contributed by atoms with E-state index >= 15 is 0 Å². The van der Waals surface area contributed by atoms with Crippen LogP contribution in [0.3, 0.4) is 0 Å². The van der Waals surface area contributed by atoms with Gasteiger partial charge < -0.3 is 4.42 Å². The van der Waals surface area contributed by atoms with Crippen molar-refractivity contribution in [3.8, 4) is 11.5 Å². The fourth-order valence-electron chi connectivity index (χ4n) is 3.61. The normalized spacial score (nSPS) is 14.6. The molecular weight excluding hydrogens is 314 g/mol. The van der Waals surface area contributed by atoms with Crippen molar-refractivity contribution in [3.63, 3.8) is 0 Å². The van der Waals surface area contributed by atoms with Crippen LogP contribution in [-0.2, 0) is 0 Å². The van der Waals surface area contributed by atoms with Crippen LogP contribution in [0.15, 0.2) is 40.8 Å². The minimum absolute atomic E-state index is 0.722. The Morgan fingerprint density at radius 1 is 1.00 bits per heavy atom. The summed E-state index contributed by atoms with van der Waals surface area (Å²) in [6.07, 6.45) is 3.43. The van der Waals surface area contributed by atoms with Crippen molar-refractivity contribution >= 4 is 22.5 Å². The van der Waals surface area contributed by atoms with E-state index in [1.165, 1.54) is 32.9 Å². The van der Waals surface area contributed by atoms with Crippen LogP contribution in [0.5, 0.6) is 0 Å². The summed E-state index contributed by atoms with van der Waals surface area (Å²) in [6, 6.07) is 12.5. The molecule has 0 amide bonds. The number of oxazole rings is 1. The van der Waals surface area contributed by atoms with Crippen molar-refractivity contribution in [2.45, 2.75) is 40.0 Å². The maximum absolute atomic E-state index is 5.99. The van der Waals surface area contributed by atoms with Gasteiger partial charge in [-0.15, -0.1) is 11.3 Å². The van der Waals surface area contributed by atoms with Gasteiger partial charge in [-0.05, 0) is 74.9 Å². The first kappa shape index (κ1) is 15.4. The van der Waals surface area contributed by atoms with Crippen LogP contribution in [0.2, 0.25) is 0 Å². The molecule has 1 aromatic carbocycles. The quantitative estimate of drug-likeness (QED) is 0.551. The molecule has 2 aromatic heterocycles. The first-order chi connectivity index (χ1) is 11.6. The van der Waals surface area contributed by atoms with Crippen molar-refractivity contribution < 1.29 is 4.42 Å². The van der Waals surface area contributed by atoms with E-state index in [9.17, 15) is 0 Å². The number of aryl methyl sites for hydroxylation is 3. The van der Waals surface area contributed by atoms with Crippen LogP contribution in [0.1, 0.15) is 46.0 Å². The molecule has 0 N–H and O–H groups in total. The molecule has 24 heavy (non-hydrogen) atoms. The molecule has 3 aromatic rings. The van der Waals surface area contributed by atoms with Gasteiger partial charge in [0.2, 0.25) is 5.89 Å². The summed E-state index contributed by atoms with van der Waals surface area (Å²) >= 11 is 1.88. The molecule has 0 radical (unpaired) electrons. The van der Waals surface area contributed by atoms with Crippen molar-refractivity contribution in [3.05, 3.63) is 63.2 Å². The van der Waals surface area contributed by atoms with E-state index in [2.05, 4.69) is 19.9 Å². The molecule has 2 nitrogen and oxygen atoms in total. The largest absolute Gasteiger partial charge is 0.441 e. The minimum Gasteiger partial charge on any atom is -0.441 e. The molecule has 0 saturated heterocycles. The number of benzene rings is 1. The molecule has 0 bridgehead atoms. The molecule has 0 saturated carbocycles. The van der Waals surface area contributed by atoms with Gasteiger partial charge in [0, 0.05) is 15.3 Å². The first-order valence-corrected chi connectivity index (χ1v) is 9.28. The van der Waals surface area contributed by atoms with Crippen LogP contribution in [0, 0.1) is 20.8 Å². The van der Waals surface area contributed by atoms with Crippen LogP contribution < -0.4 is 0 Å². The minimum atomic E-state index is 0.722. The highest BCUT2D eigenvalue weighted by Gasteiger charge is 2.24. The Hall–Kier alpha value is -2.13. The Morgan fingerprint density at radius 2 is 1.75 bits per heavy atom. The Labute approximate surface area is 146 Å². The lowest BCUT2D eigenvalue weighted by Crippen LogP contribution is -1.89. The first-order valence-electron chi connectivity index (χ1n) is 8.46. The highest BCUT2D eigenvalue weighted by molar-refractivity contribution is 7.12. The van der Waals surface area contributed by atoms with Gasteiger partial charge >= 0.3 is 0 Å². The van der Waals surface area contributed by atoms with Crippen LogP contribution in [0.25, 0.3) is 22.6 Å². The average molecular weight is 335 g/mol. The summed E-state index contributed by atoms with van der Waals surface area (Å²) < 4.78 is 5.99. The third-order valence-corrected chi connectivity index (χ3v) is 5.65. The van der Waals surface area contributed by atoms with Crippen LogP contribution in [0.4, 0.5) is 0 Å². The molecule has 0 aliphatic heterocycles. The van der Waals surface area contributed by atoms with Crippen LogP contribution in [-0.4, -0.2) is 4.98 Å². The van der Waals surface area contributed by atoms with Crippen molar-refractivity contribution in [2.24, 2.45) is 0 Å². The molecule has 3 heteroatoms.